The van der Waals surface area contributed by atoms with Gasteiger partial charge >= 0.3 is 5.97 Å². The summed E-state index contributed by atoms with van der Waals surface area (Å²) >= 11 is 0. The molecule has 1 fully saturated rings. The van der Waals surface area contributed by atoms with Crippen molar-refractivity contribution in [1.82, 2.24) is 4.31 Å². The van der Waals surface area contributed by atoms with Crippen molar-refractivity contribution in [2.45, 2.75) is 24.7 Å². The standard InChI is InChI=1S/C22H28N2O5S/c1-17-8-4-5-9-21(17)28-14-15-29-22(25)19-16-18(30(26,27)23(2)3)10-11-20(19)24-12-6-7-13-24/h4-5,8-11,16H,6-7,12-15H2,1-3H3. The van der Waals surface area contributed by atoms with E-state index in [4.69, 9.17) is 9.47 Å². The van der Waals surface area contributed by atoms with Crippen LogP contribution in [0.15, 0.2) is 47.4 Å². The molecule has 30 heavy (non-hydrogen) atoms. The van der Waals surface area contributed by atoms with E-state index in [0.717, 1.165) is 41.5 Å². The predicted molar refractivity (Wildman–Crippen MR) is 116 cm³/mol. The van der Waals surface area contributed by atoms with Crippen molar-refractivity contribution in [2.75, 3.05) is 45.3 Å². The van der Waals surface area contributed by atoms with Gasteiger partial charge in [0.1, 0.15) is 19.0 Å². The average Bonchev–Trinajstić information content (AvgIpc) is 3.26. The average molecular weight is 433 g/mol. The third-order valence-corrected chi connectivity index (χ3v) is 6.89. The predicted octanol–water partition coefficient (Wildman–Crippen LogP) is 3.08. The third kappa shape index (κ3) is 4.94. The van der Waals surface area contributed by atoms with Crippen LogP contribution in [0.5, 0.6) is 5.75 Å². The second-order valence-electron chi connectivity index (χ2n) is 7.41. The molecule has 0 amide bonds. The molecular weight excluding hydrogens is 404 g/mol. The zero-order chi connectivity index (χ0) is 21.7. The molecule has 0 spiro atoms. The summed E-state index contributed by atoms with van der Waals surface area (Å²) in [6.07, 6.45) is 2.08. The van der Waals surface area contributed by atoms with Crippen LogP contribution in [-0.2, 0) is 14.8 Å². The first-order valence-electron chi connectivity index (χ1n) is 9.98. The number of ether oxygens (including phenoxy) is 2. The maximum absolute atomic E-state index is 12.8. The molecule has 0 bridgehead atoms. The van der Waals surface area contributed by atoms with E-state index < -0.39 is 16.0 Å². The van der Waals surface area contributed by atoms with Gasteiger partial charge in [0.05, 0.1) is 16.1 Å². The van der Waals surface area contributed by atoms with Crippen molar-refractivity contribution in [1.29, 1.82) is 0 Å². The molecule has 0 atom stereocenters. The zero-order valence-electron chi connectivity index (χ0n) is 17.6. The number of aryl methyl sites for hydroxylation is 1. The summed E-state index contributed by atoms with van der Waals surface area (Å²) in [5, 5.41) is 0. The van der Waals surface area contributed by atoms with Crippen LogP contribution in [0.2, 0.25) is 0 Å². The number of carbonyl (C=O) groups excluding carboxylic acids is 1. The highest BCUT2D eigenvalue weighted by atomic mass is 32.2. The quantitative estimate of drug-likeness (QED) is 0.471. The van der Waals surface area contributed by atoms with Crippen molar-refractivity contribution < 1.29 is 22.7 Å². The van der Waals surface area contributed by atoms with E-state index in [0.29, 0.717) is 5.69 Å². The Labute approximate surface area is 178 Å². The highest BCUT2D eigenvalue weighted by Gasteiger charge is 2.25. The fraction of sp³-hybridized carbons (Fsp3) is 0.409. The Hall–Kier alpha value is -2.58. The second-order valence-corrected chi connectivity index (χ2v) is 9.56. The van der Waals surface area contributed by atoms with Crippen LogP contribution < -0.4 is 9.64 Å². The molecule has 1 saturated heterocycles. The lowest BCUT2D eigenvalue weighted by Gasteiger charge is -2.22. The highest BCUT2D eigenvalue weighted by molar-refractivity contribution is 7.89. The van der Waals surface area contributed by atoms with Crippen LogP contribution in [0.1, 0.15) is 28.8 Å². The Morgan fingerprint density at radius 3 is 2.43 bits per heavy atom. The number of nitrogens with zero attached hydrogens (tertiary/aromatic N) is 2. The van der Waals surface area contributed by atoms with Gasteiger partial charge in [0.25, 0.3) is 0 Å². The Morgan fingerprint density at radius 2 is 1.77 bits per heavy atom. The van der Waals surface area contributed by atoms with Gasteiger partial charge in [-0.1, -0.05) is 18.2 Å². The summed E-state index contributed by atoms with van der Waals surface area (Å²) in [6.45, 7) is 3.88. The van der Waals surface area contributed by atoms with Crippen LogP contribution >= 0.6 is 0 Å². The van der Waals surface area contributed by atoms with Gasteiger partial charge in [-0.15, -0.1) is 0 Å². The first-order valence-corrected chi connectivity index (χ1v) is 11.4. The highest BCUT2D eigenvalue weighted by Crippen LogP contribution is 2.28. The van der Waals surface area contributed by atoms with Crippen LogP contribution in [0.4, 0.5) is 5.69 Å². The van der Waals surface area contributed by atoms with E-state index in [1.54, 1.807) is 12.1 Å². The van der Waals surface area contributed by atoms with Gasteiger partial charge in [-0.2, -0.15) is 0 Å². The lowest BCUT2D eigenvalue weighted by molar-refractivity contribution is 0.0450. The van der Waals surface area contributed by atoms with Crippen molar-refractivity contribution in [3.05, 3.63) is 53.6 Å². The van der Waals surface area contributed by atoms with Crippen molar-refractivity contribution in [3.8, 4) is 5.75 Å². The molecule has 0 aromatic heterocycles. The summed E-state index contributed by atoms with van der Waals surface area (Å²) in [4.78, 5) is 15.0. The topological polar surface area (TPSA) is 76.1 Å². The molecule has 1 heterocycles. The summed E-state index contributed by atoms with van der Waals surface area (Å²) in [5.41, 5.74) is 1.97. The summed E-state index contributed by atoms with van der Waals surface area (Å²) in [7, 11) is -0.731. The summed E-state index contributed by atoms with van der Waals surface area (Å²) < 4.78 is 37.3. The Morgan fingerprint density at radius 1 is 1.07 bits per heavy atom. The van der Waals surface area contributed by atoms with Gasteiger partial charge in [-0.05, 0) is 49.6 Å². The van der Waals surface area contributed by atoms with Crippen molar-refractivity contribution in [2.24, 2.45) is 0 Å². The minimum Gasteiger partial charge on any atom is -0.490 e. The largest absolute Gasteiger partial charge is 0.490 e. The normalized spacial score (nSPS) is 14.2. The van der Waals surface area contributed by atoms with Gasteiger partial charge < -0.3 is 14.4 Å². The Balaban J connectivity index is 1.75. The van der Waals surface area contributed by atoms with E-state index in [-0.39, 0.29) is 23.7 Å². The molecule has 162 valence electrons. The van der Waals surface area contributed by atoms with Gasteiger partial charge in [0, 0.05) is 27.2 Å². The molecular formula is C22H28N2O5S. The Kier molecular flexibility index (Phi) is 6.99. The fourth-order valence-corrected chi connectivity index (χ4v) is 4.29. The lowest BCUT2D eigenvalue weighted by atomic mass is 10.1. The number of anilines is 1. The van der Waals surface area contributed by atoms with Crippen LogP contribution in [-0.4, -0.2) is 59.1 Å². The Bertz CT molecular complexity index is 998. The maximum atomic E-state index is 12.8. The molecule has 0 unspecified atom stereocenters. The van der Waals surface area contributed by atoms with Gasteiger partial charge in [-0.25, -0.2) is 17.5 Å². The molecule has 7 nitrogen and oxygen atoms in total. The van der Waals surface area contributed by atoms with E-state index >= 15 is 0 Å². The minimum atomic E-state index is -3.66. The number of esters is 1. The number of rotatable bonds is 8. The number of hydrogen-bond acceptors (Lipinski definition) is 6. The SMILES string of the molecule is Cc1ccccc1OCCOC(=O)c1cc(S(=O)(=O)N(C)C)ccc1N1CCCC1. The molecule has 0 radical (unpaired) electrons. The molecule has 2 aromatic carbocycles. The van der Waals surface area contributed by atoms with Crippen LogP contribution in [0.25, 0.3) is 0 Å². The molecule has 2 aromatic rings. The first-order chi connectivity index (χ1) is 14.3. The van der Waals surface area contributed by atoms with Gasteiger partial charge in [-0.3, -0.25) is 0 Å². The monoisotopic (exact) mass is 432 g/mol. The number of para-hydroxylation sites is 1. The smallest absolute Gasteiger partial charge is 0.340 e. The molecule has 0 aliphatic carbocycles. The van der Waals surface area contributed by atoms with Gasteiger partial charge in [0.2, 0.25) is 10.0 Å². The first kappa shape index (κ1) is 22.1. The van der Waals surface area contributed by atoms with Crippen molar-refractivity contribution in [3.63, 3.8) is 0 Å². The molecule has 1 aliphatic rings. The van der Waals surface area contributed by atoms with E-state index in [9.17, 15) is 13.2 Å². The number of carbonyl (C=O) groups is 1. The van der Waals surface area contributed by atoms with Crippen molar-refractivity contribution >= 4 is 21.7 Å². The molecule has 3 rings (SSSR count). The molecule has 1 aliphatic heterocycles. The number of hydrogen-bond donors (Lipinski definition) is 0. The number of benzene rings is 2. The van der Waals surface area contributed by atoms with Crippen LogP contribution in [0, 0.1) is 6.92 Å². The summed E-state index contributed by atoms with van der Waals surface area (Å²) in [6, 6.07) is 12.3. The van der Waals surface area contributed by atoms with Gasteiger partial charge in [0.15, 0.2) is 0 Å². The van der Waals surface area contributed by atoms with E-state index in [2.05, 4.69) is 4.90 Å². The molecule has 0 saturated carbocycles. The maximum Gasteiger partial charge on any atom is 0.340 e. The molecule has 0 N–H and O–H groups in total. The molecule has 8 heteroatoms. The fourth-order valence-electron chi connectivity index (χ4n) is 3.37. The zero-order valence-corrected chi connectivity index (χ0v) is 18.4. The van der Waals surface area contributed by atoms with Crippen LogP contribution in [0.3, 0.4) is 0 Å². The second kappa shape index (κ2) is 9.49. The van der Waals surface area contributed by atoms with E-state index in [1.165, 1.54) is 20.2 Å². The summed E-state index contributed by atoms with van der Waals surface area (Å²) in [5.74, 6) is 0.187. The third-order valence-electron chi connectivity index (χ3n) is 5.08. The minimum absolute atomic E-state index is 0.0667. The van der Waals surface area contributed by atoms with E-state index in [1.807, 2.05) is 31.2 Å². The number of sulfonamides is 1. The lowest BCUT2D eigenvalue weighted by Crippen LogP contribution is -2.25.